The van der Waals surface area contributed by atoms with Crippen molar-refractivity contribution in [2.75, 3.05) is 0 Å². The van der Waals surface area contributed by atoms with Crippen LogP contribution in [0.1, 0.15) is 0 Å². The van der Waals surface area contributed by atoms with E-state index < -0.39 is 0 Å². The zero-order chi connectivity index (χ0) is 33.7. The Kier molecular flexibility index (Phi) is 7.38. The quantitative estimate of drug-likeness (QED) is 0.173. The topological polar surface area (TPSA) is 38.7 Å². The number of aromatic nitrogens is 3. The maximum Gasteiger partial charge on any atom is 0.124 e. The Labute approximate surface area is 306 Å². The van der Waals surface area contributed by atoms with E-state index in [0.717, 1.165) is 65.0 Å². The number of fused-ring (bicyclic) bond motifs is 3. The molecule has 0 amide bonds. The lowest BCUT2D eigenvalue weighted by Crippen LogP contribution is -1.92. The normalized spacial score (nSPS) is 11.5. The predicted octanol–water partition coefficient (Wildman–Crippen LogP) is 13.5. The molecule has 0 saturated carbocycles. The average Bonchev–Trinajstić information content (AvgIpc) is 3.95. The molecule has 3 heterocycles. The fourth-order valence-corrected chi connectivity index (χ4v) is 9.66. The summed E-state index contributed by atoms with van der Waals surface area (Å²) in [4.78, 5) is 15.0. The molecular formula is C45H27N3S3. The smallest absolute Gasteiger partial charge is 0.124 e. The Morgan fingerprint density at radius 1 is 0.294 bits per heavy atom. The molecule has 51 heavy (non-hydrogen) atoms. The lowest BCUT2D eigenvalue weighted by molar-refractivity contribution is 1.46. The third-order valence-corrected chi connectivity index (χ3v) is 12.4. The highest BCUT2D eigenvalue weighted by atomic mass is 32.1. The molecule has 10 aromatic rings. The van der Waals surface area contributed by atoms with E-state index in [0.29, 0.717) is 0 Å². The number of benzene rings is 7. The Morgan fingerprint density at radius 3 is 1.04 bits per heavy atom. The lowest BCUT2D eigenvalue weighted by Gasteiger charge is -2.18. The first-order valence-electron chi connectivity index (χ1n) is 16.8. The molecule has 7 aromatic carbocycles. The summed E-state index contributed by atoms with van der Waals surface area (Å²) < 4.78 is 3.58. The van der Waals surface area contributed by atoms with E-state index in [2.05, 4.69) is 152 Å². The minimum absolute atomic E-state index is 1.02. The number of nitrogens with zero attached hydrogens (tertiary/aromatic N) is 3. The first-order valence-corrected chi connectivity index (χ1v) is 19.2. The number of para-hydroxylation sites is 3. The van der Waals surface area contributed by atoms with Gasteiger partial charge >= 0.3 is 0 Å². The van der Waals surface area contributed by atoms with Crippen LogP contribution in [0.25, 0.3) is 95.7 Å². The Bertz CT molecular complexity index is 2660. The van der Waals surface area contributed by atoms with E-state index in [4.69, 9.17) is 15.0 Å². The van der Waals surface area contributed by atoms with Crippen LogP contribution in [0, 0.1) is 0 Å². The van der Waals surface area contributed by atoms with Gasteiger partial charge in [0.05, 0.1) is 30.6 Å². The van der Waals surface area contributed by atoms with Gasteiger partial charge in [-0.3, -0.25) is 0 Å². The van der Waals surface area contributed by atoms with Crippen molar-refractivity contribution in [1.82, 2.24) is 15.0 Å². The number of hydrogen-bond acceptors (Lipinski definition) is 6. The molecule has 0 unspecified atom stereocenters. The number of rotatable bonds is 6. The maximum absolute atomic E-state index is 5.01. The third kappa shape index (κ3) is 5.54. The molecule has 10 rings (SSSR count). The van der Waals surface area contributed by atoms with Crippen LogP contribution in [0.15, 0.2) is 164 Å². The van der Waals surface area contributed by atoms with Crippen LogP contribution in [0.4, 0.5) is 0 Å². The van der Waals surface area contributed by atoms with Gasteiger partial charge < -0.3 is 0 Å². The predicted molar refractivity (Wildman–Crippen MR) is 219 cm³/mol. The summed E-state index contributed by atoms with van der Waals surface area (Å²) in [5.74, 6) is 0. The van der Waals surface area contributed by atoms with Gasteiger partial charge in [0.15, 0.2) is 0 Å². The summed E-state index contributed by atoms with van der Waals surface area (Å²) in [6, 6.07) is 58.2. The van der Waals surface area contributed by atoms with Gasteiger partial charge in [0.2, 0.25) is 0 Å². The van der Waals surface area contributed by atoms with Gasteiger partial charge in [-0.25, -0.2) is 15.0 Å². The minimum Gasteiger partial charge on any atom is -0.236 e. The average molecular weight is 706 g/mol. The number of hydrogen-bond donors (Lipinski definition) is 0. The molecule has 0 atom stereocenters. The summed E-state index contributed by atoms with van der Waals surface area (Å²) in [5.41, 5.74) is 13.4. The summed E-state index contributed by atoms with van der Waals surface area (Å²) in [7, 11) is 0. The molecule has 0 aliphatic carbocycles. The van der Waals surface area contributed by atoms with Crippen LogP contribution in [0.2, 0.25) is 0 Å². The summed E-state index contributed by atoms with van der Waals surface area (Å²) in [5, 5.41) is 3.07. The van der Waals surface area contributed by atoms with Gasteiger partial charge in [0, 0.05) is 16.7 Å². The van der Waals surface area contributed by atoms with E-state index in [9.17, 15) is 0 Å². The van der Waals surface area contributed by atoms with Crippen molar-refractivity contribution < 1.29 is 0 Å². The summed E-state index contributed by atoms with van der Waals surface area (Å²) in [6.45, 7) is 0. The molecule has 0 radical (unpaired) electrons. The van der Waals surface area contributed by atoms with Crippen molar-refractivity contribution in [2.45, 2.75) is 0 Å². The van der Waals surface area contributed by atoms with Crippen molar-refractivity contribution in [3.05, 3.63) is 164 Å². The number of thiazole rings is 3. The molecule has 0 N–H and O–H groups in total. The molecule has 0 aliphatic heterocycles. The molecule has 240 valence electrons. The second kappa shape index (κ2) is 12.5. The van der Waals surface area contributed by atoms with E-state index in [1.807, 2.05) is 12.1 Å². The zero-order valence-corrected chi connectivity index (χ0v) is 29.6. The van der Waals surface area contributed by atoms with Crippen LogP contribution in [0.3, 0.4) is 0 Å². The van der Waals surface area contributed by atoms with E-state index >= 15 is 0 Å². The van der Waals surface area contributed by atoms with Gasteiger partial charge in [-0.15, -0.1) is 34.0 Å². The molecule has 6 heteroatoms. The molecule has 0 aliphatic rings. The third-order valence-electron chi connectivity index (χ3n) is 9.19. The Morgan fingerprint density at radius 2 is 0.627 bits per heavy atom. The van der Waals surface area contributed by atoms with Gasteiger partial charge in [0.1, 0.15) is 15.0 Å². The molecule has 3 nitrogen and oxygen atoms in total. The lowest BCUT2D eigenvalue weighted by atomic mass is 9.86. The highest BCUT2D eigenvalue weighted by Crippen LogP contribution is 2.44. The van der Waals surface area contributed by atoms with Crippen molar-refractivity contribution in [3.8, 4) is 65.1 Å². The Hall–Kier alpha value is -5.79. The van der Waals surface area contributed by atoms with Gasteiger partial charge in [-0.2, -0.15) is 0 Å². The molecule has 0 spiro atoms. The van der Waals surface area contributed by atoms with E-state index in [-0.39, 0.29) is 0 Å². The SMILES string of the molecule is c1cc(-c2nc3ccccc3s2)cc(-c2cccc(-c3cccc(-c4nc5ccccc5s4)c3)c2-c2cccc(-c3nc4ccccc4s3)c2)c1. The molecule has 0 bridgehead atoms. The van der Waals surface area contributed by atoms with Gasteiger partial charge in [-0.05, 0) is 88.0 Å². The Balaban J connectivity index is 1.16. The van der Waals surface area contributed by atoms with E-state index in [1.165, 1.54) is 30.8 Å². The van der Waals surface area contributed by atoms with Crippen LogP contribution >= 0.6 is 34.0 Å². The first-order chi connectivity index (χ1) is 25.2. The van der Waals surface area contributed by atoms with Crippen molar-refractivity contribution in [2.24, 2.45) is 0 Å². The van der Waals surface area contributed by atoms with Crippen LogP contribution < -0.4 is 0 Å². The van der Waals surface area contributed by atoms with E-state index in [1.54, 1.807) is 34.0 Å². The minimum atomic E-state index is 1.02. The van der Waals surface area contributed by atoms with Crippen LogP contribution in [-0.4, -0.2) is 15.0 Å². The highest BCUT2D eigenvalue weighted by Gasteiger charge is 2.18. The fourth-order valence-electron chi connectivity index (χ4n) is 6.78. The van der Waals surface area contributed by atoms with Gasteiger partial charge in [-0.1, -0.05) is 109 Å². The summed E-state index contributed by atoms with van der Waals surface area (Å²) in [6.07, 6.45) is 0. The first kappa shape index (κ1) is 30.1. The van der Waals surface area contributed by atoms with Crippen molar-refractivity contribution >= 4 is 64.7 Å². The molecule has 0 fully saturated rings. The second-order valence-electron chi connectivity index (χ2n) is 12.4. The van der Waals surface area contributed by atoms with Crippen LogP contribution in [0.5, 0.6) is 0 Å². The second-order valence-corrected chi connectivity index (χ2v) is 15.5. The fraction of sp³-hybridized carbons (Fsp3) is 0. The largest absolute Gasteiger partial charge is 0.236 e. The van der Waals surface area contributed by atoms with Crippen LogP contribution in [-0.2, 0) is 0 Å². The summed E-state index contributed by atoms with van der Waals surface area (Å²) >= 11 is 5.21. The van der Waals surface area contributed by atoms with Gasteiger partial charge in [0.25, 0.3) is 0 Å². The van der Waals surface area contributed by atoms with Crippen molar-refractivity contribution in [3.63, 3.8) is 0 Å². The standard InChI is InChI=1S/C45H27N3S3/c1-4-22-39-36(19-1)46-43(49-39)31-14-7-11-28(25-31)34-17-10-18-35(29-12-8-15-32(26-29)44-47-37-20-2-5-23-40(37)50-44)42(34)30-13-9-16-33(27-30)45-48-38-21-3-6-24-41(38)51-45/h1-27H. The molecule has 3 aromatic heterocycles. The monoisotopic (exact) mass is 705 g/mol. The molecule has 0 saturated heterocycles. The molecular weight excluding hydrogens is 679 g/mol. The van der Waals surface area contributed by atoms with Crippen molar-refractivity contribution in [1.29, 1.82) is 0 Å². The highest BCUT2D eigenvalue weighted by molar-refractivity contribution is 7.22. The maximum atomic E-state index is 5.01. The zero-order valence-electron chi connectivity index (χ0n) is 27.2.